The van der Waals surface area contributed by atoms with Gasteiger partial charge >= 0.3 is 0 Å². The fourth-order valence-electron chi connectivity index (χ4n) is 1.68. The van der Waals surface area contributed by atoms with Crippen LogP contribution in [0.5, 0.6) is 0 Å². The van der Waals surface area contributed by atoms with E-state index in [4.69, 9.17) is 5.73 Å². The molecule has 0 fully saturated rings. The molecular formula is C14H18BrN3O2. The van der Waals surface area contributed by atoms with E-state index < -0.39 is 5.91 Å². The molecule has 0 saturated carbocycles. The van der Waals surface area contributed by atoms with Crippen molar-refractivity contribution >= 4 is 27.7 Å². The average molecular weight is 340 g/mol. The second-order valence-corrected chi connectivity index (χ2v) is 5.25. The van der Waals surface area contributed by atoms with Crippen LogP contribution >= 0.6 is 15.9 Å². The fraction of sp³-hybridized carbons (Fsp3) is 0.286. The van der Waals surface area contributed by atoms with Crippen LogP contribution < -0.4 is 11.1 Å². The highest BCUT2D eigenvalue weighted by molar-refractivity contribution is 9.10. The number of rotatable bonds is 8. The topological polar surface area (TPSA) is 75.4 Å². The Kier molecular flexibility index (Phi) is 6.97. The number of nitrogens with one attached hydrogen (secondary N) is 1. The summed E-state index contributed by atoms with van der Waals surface area (Å²) in [5, 5.41) is 2.67. The summed E-state index contributed by atoms with van der Waals surface area (Å²) in [4.78, 5) is 24.5. The number of halogens is 1. The van der Waals surface area contributed by atoms with Crippen molar-refractivity contribution in [3.8, 4) is 0 Å². The van der Waals surface area contributed by atoms with Crippen molar-refractivity contribution < 1.29 is 9.59 Å². The fourth-order valence-corrected chi connectivity index (χ4v) is 1.95. The SMILES string of the molecule is C=CCNC(=O)CN(CC(N)=O)Cc1ccc(Br)cc1. The van der Waals surface area contributed by atoms with Crippen molar-refractivity contribution in [3.63, 3.8) is 0 Å². The van der Waals surface area contributed by atoms with Crippen LogP contribution in [0.15, 0.2) is 41.4 Å². The van der Waals surface area contributed by atoms with E-state index in [0.29, 0.717) is 13.1 Å². The number of hydrogen-bond acceptors (Lipinski definition) is 3. The molecule has 1 rings (SSSR count). The summed E-state index contributed by atoms with van der Waals surface area (Å²) >= 11 is 3.36. The predicted molar refractivity (Wildman–Crippen MR) is 81.8 cm³/mol. The molecule has 0 spiro atoms. The molecule has 108 valence electrons. The molecule has 20 heavy (non-hydrogen) atoms. The van der Waals surface area contributed by atoms with Crippen LogP contribution in [0.2, 0.25) is 0 Å². The lowest BCUT2D eigenvalue weighted by Crippen LogP contribution is -2.41. The maximum atomic E-state index is 11.7. The van der Waals surface area contributed by atoms with E-state index in [1.807, 2.05) is 24.3 Å². The van der Waals surface area contributed by atoms with Crippen molar-refractivity contribution in [1.82, 2.24) is 10.2 Å². The monoisotopic (exact) mass is 339 g/mol. The molecule has 0 aliphatic carbocycles. The van der Waals surface area contributed by atoms with Crippen LogP contribution in [0.25, 0.3) is 0 Å². The van der Waals surface area contributed by atoms with E-state index in [-0.39, 0.29) is 19.0 Å². The Morgan fingerprint density at radius 3 is 2.50 bits per heavy atom. The smallest absolute Gasteiger partial charge is 0.234 e. The number of amides is 2. The van der Waals surface area contributed by atoms with E-state index >= 15 is 0 Å². The second kappa shape index (κ2) is 8.50. The Balaban J connectivity index is 2.63. The lowest BCUT2D eigenvalue weighted by molar-refractivity contribution is -0.123. The second-order valence-electron chi connectivity index (χ2n) is 4.33. The number of hydrogen-bond donors (Lipinski definition) is 2. The lowest BCUT2D eigenvalue weighted by Gasteiger charge is -2.20. The molecule has 0 aromatic heterocycles. The third-order valence-electron chi connectivity index (χ3n) is 2.51. The van der Waals surface area contributed by atoms with Crippen molar-refractivity contribution in [1.29, 1.82) is 0 Å². The van der Waals surface area contributed by atoms with Crippen LogP contribution in [0.1, 0.15) is 5.56 Å². The number of nitrogens with two attached hydrogens (primary N) is 1. The largest absolute Gasteiger partial charge is 0.369 e. The van der Waals surface area contributed by atoms with Gasteiger partial charge < -0.3 is 11.1 Å². The summed E-state index contributed by atoms with van der Waals surface area (Å²) in [7, 11) is 0. The van der Waals surface area contributed by atoms with Gasteiger partial charge in [-0.25, -0.2) is 0 Å². The number of nitrogens with zero attached hydrogens (tertiary/aromatic N) is 1. The standard InChI is InChI=1S/C14H18BrN3O2/c1-2-7-17-14(20)10-18(9-13(16)19)8-11-3-5-12(15)6-4-11/h2-6H,1,7-10H2,(H2,16,19)(H,17,20). The molecule has 1 aromatic rings. The van der Waals surface area contributed by atoms with Gasteiger partial charge in [0, 0.05) is 17.6 Å². The zero-order chi connectivity index (χ0) is 15.0. The van der Waals surface area contributed by atoms with Gasteiger partial charge in [0.1, 0.15) is 0 Å². The van der Waals surface area contributed by atoms with Gasteiger partial charge in [-0.3, -0.25) is 14.5 Å². The average Bonchev–Trinajstić information content (AvgIpc) is 2.38. The molecule has 1 aromatic carbocycles. The zero-order valence-electron chi connectivity index (χ0n) is 11.1. The van der Waals surface area contributed by atoms with Gasteiger partial charge in [-0.1, -0.05) is 34.1 Å². The first-order valence-corrected chi connectivity index (χ1v) is 6.93. The summed E-state index contributed by atoms with van der Waals surface area (Å²) in [6.07, 6.45) is 1.60. The molecule has 5 nitrogen and oxygen atoms in total. The normalized spacial score (nSPS) is 10.3. The van der Waals surface area contributed by atoms with Crippen LogP contribution in [0.4, 0.5) is 0 Å². The van der Waals surface area contributed by atoms with Gasteiger partial charge in [0.15, 0.2) is 0 Å². The maximum absolute atomic E-state index is 11.7. The number of carbonyl (C=O) groups is 2. The molecule has 6 heteroatoms. The lowest BCUT2D eigenvalue weighted by atomic mass is 10.2. The quantitative estimate of drug-likeness (QED) is 0.695. The summed E-state index contributed by atoms with van der Waals surface area (Å²) in [6.45, 7) is 4.57. The maximum Gasteiger partial charge on any atom is 0.234 e. The molecule has 3 N–H and O–H groups in total. The Morgan fingerprint density at radius 1 is 1.30 bits per heavy atom. The number of benzene rings is 1. The summed E-state index contributed by atoms with van der Waals surface area (Å²) < 4.78 is 0.978. The first kappa shape index (κ1) is 16.4. The molecule has 0 unspecified atom stereocenters. The third-order valence-corrected chi connectivity index (χ3v) is 3.04. The van der Waals surface area contributed by atoms with E-state index in [1.54, 1.807) is 11.0 Å². The first-order chi connectivity index (χ1) is 9.51. The molecule has 0 bridgehead atoms. The minimum absolute atomic E-state index is 0.0393. The van der Waals surface area contributed by atoms with Gasteiger partial charge in [0.2, 0.25) is 11.8 Å². The summed E-state index contributed by atoms with van der Waals surface area (Å²) in [5.74, 6) is -0.623. The molecule has 0 aliphatic heterocycles. The highest BCUT2D eigenvalue weighted by Gasteiger charge is 2.13. The minimum Gasteiger partial charge on any atom is -0.369 e. The van der Waals surface area contributed by atoms with E-state index in [1.165, 1.54) is 0 Å². The minimum atomic E-state index is -0.460. The van der Waals surface area contributed by atoms with Gasteiger partial charge in [-0.15, -0.1) is 6.58 Å². The van der Waals surface area contributed by atoms with Crippen molar-refractivity contribution in [2.75, 3.05) is 19.6 Å². The van der Waals surface area contributed by atoms with E-state index in [9.17, 15) is 9.59 Å². The third kappa shape index (κ3) is 6.49. The Morgan fingerprint density at radius 2 is 1.95 bits per heavy atom. The molecule has 0 saturated heterocycles. The highest BCUT2D eigenvalue weighted by Crippen LogP contribution is 2.12. The Bertz CT molecular complexity index is 474. The Labute approximate surface area is 127 Å². The van der Waals surface area contributed by atoms with Crippen LogP contribution in [-0.2, 0) is 16.1 Å². The van der Waals surface area contributed by atoms with Crippen molar-refractivity contribution in [2.45, 2.75) is 6.54 Å². The molecule has 0 aliphatic rings. The van der Waals surface area contributed by atoms with Crippen LogP contribution in [0.3, 0.4) is 0 Å². The molecule has 0 heterocycles. The Hall–Kier alpha value is -1.66. The zero-order valence-corrected chi connectivity index (χ0v) is 12.7. The summed E-state index contributed by atoms with van der Waals surface area (Å²) in [6, 6.07) is 7.69. The molecule has 0 atom stereocenters. The predicted octanol–water partition coefficient (Wildman–Crippen LogP) is 1.04. The van der Waals surface area contributed by atoms with E-state index in [2.05, 4.69) is 27.8 Å². The van der Waals surface area contributed by atoms with Crippen molar-refractivity contribution in [3.05, 3.63) is 47.0 Å². The molecular weight excluding hydrogens is 322 g/mol. The first-order valence-electron chi connectivity index (χ1n) is 6.14. The van der Waals surface area contributed by atoms with Crippen LogP contribution in [-0.4, -0.2) is 36.3 Å². The van der Waals surface area contributed by atoms with Gasteiger partial charge in [-0.2, -0.15) is 0 Å². The molecule has 0 radical (unpaired) electrons. The van der Waals surface area contributed by atoms with E-state index in [0.717, 1.165) is 10.0 Å². The molecule has 2 amide bonds. The van der Waals surface area contributed by atoms with Crippen LogP contribution in [0, 0.1) is 0 Å². The van der Waals surface area contributed by atoms with Crippen molar-refractivity contribution in [2.24, 2.45) is 5.73 Å². The highest BCUT2D eigenvalue weighted by atomic mass is 79.9. The van der Waals surface area contributed by atoms with Gasteiger partial charge in [0.25, 0.3) is 0 Å². The van der Waals surface area contributed by atoms with Gasteiger partial charge in [-0.05, 0) is 17.7 Å². The number of primary amides is 1. The number of carbonyl (C=O) groups excluding carboxylic acids is 2. The van der Waals surface area contributed by atoms with Gasteiger partial charge in [0.05, 0.1) is 13.1 Å². The summed E-state index contributed by atoms with van der Waals surface area (Å²) in [5.41, 5.74) is 6.22.